The number of hydrogen-bond acceptors (Lipinski definition) is 2. The highest BCUT2D eigenvalue weighted by atomic mass is 16.5. The van der Waals surface area contributed by atoms with E-state index in [1.807, 2.05) is 38.1 Å². The van der Waals surface area contributed by atoms with E-state index in [0.29, 0.717) is 13.2 Å². The van der Waals surface area contributed by atoms with Crippen LogP contribution in [0, 0.1) is 19.8 Å². The number of fused-ring (bicyclic) bond motifs is 1. The Kier molecular flexibility index (Phi) is 6.12. The molecule has 0 aliphatic carbocycles. The Labute approximate surface area is 161 Å². The lowest BCUT2D eigenvalue weighted by Crippen LogP contribution is -2.33. The Bertz CT molecular complexity index is 927. The average molecular weight is 361 g/mol. The largest absolute Gasteiger partial charge is 0.491 e. The molecule has 1 unspecified atom stereocenters. The van der Waals surface area contributed by atoms with Crippen molar-refractivity contribution in [1.82, 2.24) is 5.32 Å². The minimum atomic E-state index is -0.0862. The molecule has 3 aromatic rings. The average Bonchev–Trinajstić information content (AvgIpc) is 2.66. The Hall–Kier alpha value is -2.81. The molecule has 3 nitrogen and oxygen atoms in total. The second-order valence-corrected chi connectivity index (χ2v) is 7.15. The second kappa shape index (κ2) is 8.72. The van der Waals surface area contributed by atoms with Crippen LogP contribution in [0.15, 0.2) is 60.7 Å². The predicted molar refractivity (Wildman–Crippen MR) is 111 cm³/mol. The molecule has 140 valence electrons. The third-order valence-electron chi connectivity index (χ3n) is 4.84. The summed E-state index contributed by atoms with van der Waals surface area (Å²) in [5, 5.41) is 5.42. The van der Waals surface area contributed by atoms with Crippen LogP contribution in [-0.4, -0.2) is 19.1 Å². The van der Waals surface area contributed by atoms with Crippen LogP contribution in [-0.2, 0) is 11.2 Å². The highest BCUT2D eigenvalue weighted by Crippen LogP contribution is 2.21. The fraction of sp³-hybridized carbons (Fsp3) is 0.292. The van der Waals surface area contributed by atoms with Crippen molar-refractivity contribution >= 4 is 16.7 Å². The van der Waals surface area contributed by atoms with E-state index in [0.717, 1.165) is 17.7 Å². The van der Waals surface area contributed by atoms with Crippen LogP contribution in [0.4, 0.5) is 0 Å². The maximum Gasteiger partial charge on any atom is 0.223 e. The highest BCUT2D eigenvalue weighted by molar-refractivity contribution is 5.86. The van der Waals surface area contributed by atoms with Crippen molar-refractivity contribution in [2.75, 3.05) is 13.2 Å². The Morgan fingerprint density at radius 1 is 1.04 bits per heavy atom. The molecule has 0 aliphatic heterocycles. The highest BCUT2D eigenvalue weighted by Gasteiger charge is 2.14. The van der Waals surface area contributed by atoms with Gasteiger partial charge in [-0.25, -0.2) is 0 Å². The van der Waals surface area contributed by atoms with Gasteiger partial charge < -0.3 is 10.1 Å². The van der Waals surface area contributed by atoms with Crippen molar-refractivity contribution < 1.29 is 9.53 Å². The number of amides is 1. The van der Waals surface area contributed by atoms with Gasteiger partial charge in [-0.1, -0.05) is 67.1 Å². The van der Waals surface area contributed by atoms with E-state index in [2.05, 4.69) is 48.6 Å². The van der Waals surface area contributed by atoms with Gasteiger partial charge in [0.05, 0.1) is 6.54 Å². The lowest BCUT2D eigenvalue weighted by Gasteiger charge is -2.15. The fourth-order valence-electron chi connectivity index (χ4n) is 3.36. The van der Waals surface area contributed by atoms with Crippen LogP contribution < -0.4 is 10.1 Å². The quantitative estimate of drug-likeness (QED) is 0.612. The molecule has 0 saturated heterocycles. The molecule has 27 heavy (non-hydrogen) atoms. The van der Waals surface area contributed by atoms with Gasteiger partial charge in [-0.05, 0) is 48.2 Å². The maximum atomic E-state index is 12.4. The van der Waals surface area contributed by atoms with E-state index in [1.165, 1.54) is 21.9 Å². The fourth-order valence-corrected chi connectivity index (χ4v) is 3.36. The molecule has 3 heteroatoms. The monoisotopic (exact) mass is 361 g/mol. The minimum absolute atomic E-state index is 0.0622. The van der Waals surface area contributed by atoms with E-state index in [9.17, 15) is 4.79 Å². The van der Waals surface area contributed by atoms with Crippen molar-refractivity contribution in [3.05, 3.63) is 77.4 Å². The van der Waals surface area contributed by atoms with Gasteiger partial charge in [-0.2, -0.15) is 0 Å². The van der Waals surface area contributed by atoms with Crippen LogP contribution in [0.1, 0.15) is 23.6 Å². The zero-order chi connectivity index (χ0) is 19.2. The van der Waals surface area contributed by atoms with E-state index in [-0.39, 0.29) is 11.8 Å². The molecule has 0 radical (unpaired) electrons. The lowest BCUT2D eigenvalue weighted by molar-refractivity contribution is -0.124. The number of aryl methyl sites for hydroxylation is 2. The summed E-state index contributed by atoms with van der Waals surface area (Å²) in [5.41, 5.74) is 3.54. The number of ether oxygens (including phenoxy) is 1. The molecule has 1 N–H and O–H groups in total. The molecular weight excluding hydrogens is 334 g/mol. The summed E-state index contributed by atoms with van der Waals surface area (Å²) in [6, 6.07) is 20.7. The van der Waals surface area contributed by atoms with E-state index < -0.39 is 0 Å². The molecule has 0 bridgehead atoms. The van der Waals surface area contributed by atoms with Gasteiger partial charge in [0, 0.05) is 5.92 Å². The summed E-state index contributed by atoms with van der Waals surface area (Å²) < 4.78 is 5.78. The van der Waals surface area contributed by atoms with Gasteiger partial charge in [0.1, 0.15) is 12.4 Å². The van der Waals surface area contributed by atoms with Gasteiger partial charge in [0.25, 0.3) is 0 Å². The van der Waals surface area contributed by atoms with Crippen molar-refractivity contribution in [2.45, 2.75) is 27.2 Å². The third kappa shape index (κ3) is 4.88. The second-order valence-electron chi connectivity index (χ2n) is 7.15. The van der Waals surface area contributed by atoms with Crippen LogP contribution in [0.5, 0.6) is 5.75 Å². The first kappa shape index (κ1) is 19.0. The van der Waals surface area contributed by atoms with E-state index in [4.69, 9.17) is 4.74 Å². The smallest absolute Gasteiger partial charge is 0.223 e. The number of nitrogens with one attached hydrogen (secondary N) is 1. The van der Waals surface area contributed by atoms with Crippen LogP contribution in [0.2, 0.25) is 0 Å². The van der Waals surface area contributed by atoms with Gasteiger partial charge in [-0.3, -0.25) is 4.79 Å². The summed E-state index contributed by atoms with van der Waals surface area (Å²) in [6.45, 7) is 7.05. The predicted octanol–water partition coefficient (Wildman–Crippen LogP) is 4.83. The summed E-state index contributed by atoms with van der Waals surface area (Å²) in [7, 11) is 0. The zero-order valence-electron chi connectivity index (χ0n) is 16.3. The van der Waals surface area contributed by atoms with Gasteiger partial charge in [0.15, 0.2) is 0 Å². The van der Waals surface area contributed by atoms with Crippen LogP contribution >= 0.6 is 0 Å². The van der Waals surface area contributed by atoms with Crippen LogP contribution in [0.3, 0.4) is 0 Å². The molecule has 0 saturated carbocycles. The van der Waals surface area contributed by atoms with Crippen molar-refractivity contribution in [1.29, 1.82) is 0 Å². The normalized spacial score (nSPS) is 12.0. The first-order valence-corrected chi connectivity index (χ1v) is 9.49. The Morgan fingerprint density at radius 3 is 2.63 bits per heavy atom. The third-order valence-corrected chi connectivity index (χ3v) is 4.84. The molecule has 1 atom stereocenters. The Morgan fingerprint density at radius 2 is 1.81 bits per heavy atom. The number of hydrogen-bond donors (Lipinski definition) is 1. The van der Waals surface area contributed by atoms with Crippen molar-refractivity contribution in [3.8, 4) is 5.75 Å². The number of carbonyl (C=O) groups excluding carboxylic acids is 1. The summed E-state index contributed by atoms with van der Waals surface area (Å²) in [6.07, 6.45) is 0.727. The molecule has 0 aliphatic rings. The molecule has 0 aromatic heterocycles. The van der Waals surface area contributed by atoms with Crippen molar-refractivity contribution in [2.24, 2.45) is 5.92 Å². The molecule has 0 heterocycles. The molecule has 0 spiro atoms. The number of carbonyl (C=O) groups is 1. The topological polar surface area (TPSA) is 38.3 Å². The van der Waals surface area contributed by atoms with Crippen molar-refractivity contribution in [3.63, 3.8) is 0 Å². The molecule has 3 aromatic carbocycles. The summed E-state index contributed by atoms with van der Waals surface area (Å²) >= 11 is 0. The zero-order valence-corrected chi connectivity index (χ0v) is 16.3. The minimum Gasteiger partial charge on any atom is -0.491 e. The van der Waals surface area contributed by atoms with E-state index in [1.54, 1.807) is 0 Å². The van der Waals surface area contributed by atoms with Crippen LogP contribution in [0.25, 0.3) is 10.8 Å². The molecule has 3 rings (SSSR count). The maximum absolute atomic E-state index is 12.4. The Balaban J connectivity index is 1.50. The first-order chi connectivity index (χ1) is 13.0. The lowest BCUT2D eigenvalue weighted by atomic mass is 9.95. The molecule has 1 amide bonds. The summed E-state index contributed by atoms with van der Waals surface area (Å²) in [4.78, 5) is 12.4. The van der Waals surface area contributed by atoms with Gasteiger partial charge in [-0.15, -0.1) is 0 Å². The standard InChI is InChI=1S/C24H27NO2/c1-17-11-12-23(18(2)15-17)27-14-13-25-24(26)19(3)16-21-9-6-8-20-7-4-5-10-22(20)21/h4-12,15,19H,13-14,16H2,1-3H3,(H,25,26). The number of benzene rings is 3. The molecule has 0 fully saturated rings. The summed E-state index contributed by atoms with van der Waals surface area (Å²) in [5.74, 6) is 0.850. The molecular formula is C24H27NO2. The number of rotatable bonds is 7. The SMILES string of the molecule is Cc1ccc(OCCNC(=O)C(C)Cc2cccc3ccccc23)c(C)c1. The van der Waals surface area contributed by atoms with Gasteiger partial charge in [0.2, 0.25) is 5.91 Å². The van der Waals surface area contributed by atoms with E-state index >= 15 is 0 Å². The van der Waals surface area contributed by atoms with Gasteiger partial charge >= 0.3 is 0 Å². The first-order valence-electron chi connectivity index (χ1n) is 9.49.